The van der Waals surface area contributed by atoms with Gasteiger partial charge in [-0.15, -0.1) is 0 Å². The first kappa shape index (κ1) is 20.3. The van der Waals surface area contributed by atoms with E-state index in [9.17, 15) is 14.0 Å². The van der Waals surface area contributed by atoms with Crippen molar-refractivity contribution in [1.82, 2.24) is 0 Å². The van der Waals surface area contributed by atoms with Crippen LogP contribution in [0.15, 0.2) is 42.5 Å². The molecule has 0 aromatic heterocycles. The van der Waals surface area contributed by atoms with E-state index in [-0.39, 0.29) is 11.8 Å². The van der Waals surface area contributed by atoms with Crippen LogP contribution in [0, 0.1) is 5.82 Å². The minimum absolute atomic E-state index is 0.217. The van der Waals surface area contributed by atoms with Crippen molar-refractivity contribution in [1.29, 1.82) is 0 Å². The summed E-state index contributed by atoms with van der Waals surface area (Å²) in [5, 5.41) is 5.48. The van der Waals surface area contributed by atoms with Gasteiger partial charge >= 0.3 is 0 Å². The molecule has 8 heteroatoms. The van der Waals surface area contributed by atoms with E-state index in [2.05, 4.69) is 10.6 Å². The first-order valence-corrected chi connectivity index (χ1v) is 10.1. The van der Waals surface area contributed by atoms with Crippen LogP contribution in [0.1, 0.15) is 23.2 Å². The minimum atomic E-state index is -0.449. The maximum atomic E-state index is 14.5. The second-order valence-electron chi connectivity index (χ2n) is 7.29. The Balaban J connectivity index is 1.41. The Labute approximate surface area is 174 Å². The normalized spacial score (nSPS) is 18.8. The number of carbonyl (C=O) groups is 2. The van der Waals surface area contributed by atoms with Gasteiger partial charge in [0.15, 0.2) is 0 Å². The van der Waals surface area contributed by atoms with Gasteiger partial charge in [-0.1, -0.05) is 6.07 Å². The number of amides is 2. The molecule has 0 radical (unpaired) electrons. The topological polar surface area (TPSA) is 79.9 Å². The number of halogens is 1. The Morgan fingerprint density at radius 1 is 1.00 bits per heavy atom. The van der Waals surface area contributed by atoms with E-state index in [4.69, 9.17) is 9.47 Å². The summed E-state index contributed by atoms with van der Waals surface area (Å²) in [4.78, 5) is 26.7. The fourth-order valence-electron chi connectivity index (χ4n) is 3.59. The maximum absolute atomic E-state index is 14.5. The van der Waals surface area contributed by atoms with Crippen LogP contribution >= 0.6 is 0 Å². The molecule has 2 aromatic carbocycles. The monoisotopic (exact) mass is 413 g/mol. The first-order chi connectivity index (χ1) is 14.6. The highest BCUT2D eigenvalue weighted by Gasteiger charge is 2.23. The van der Waals surface area contributed by atoms with Gasteiger partial charge < -0.3 is 25.0 Å². The molecule has 7 nitrogen and oxygen atoms in total. The molecule has 2 fully saturated rings. The molecule has 4 rings (SSSR count). The molecule has 2 amide bonds. The Hall–Kier alpha value is -2.97. The third kappa shape index (κ3) is 4.77. The first-order valence-electron chi connectivity index (χ1n) is 10.1. The molecule has 2 aromatic rings. The molecule has 2 heterocycles. The van der Waals surface area contributed by atoms with Gasteiger partial charge in [0.1, 0.15) is 11.9 Å². The summed E-state index contributed by atoms with van der Waals surface area (Å²) in [7, 11) is 0. The van der Waals surface area contributed by atoms with Crippen LogP contribution in [0.2, 0.25) is 0 Å². The predicted molar refractivity (Wildman–Crippen MR) is 111 cm³/mol. The van der Waals surface area contributed by atoms with Crippen LogP contribution in [0.25, 0.3) is 0 Å². The van der Waals surface area contributed by atoms with Crippen LogP contribution in [0.4, 0.5) is 21.5 Å². The van der Waals surface area contributed by atoms with E-state index in [1.165, 1.54) is 6.07 Å². The molecule has 0 bridgehead atoms. The van der Waals surface area contributed by atoms with Gasteiger partial charge in [0, 0.05) is 36.6 Å². The summed E-state index contributed by atoms with van der Waals surface area (Å²) in [5.41, 5.74) is 1.73. The smallest absolute Gasteiger partial charge is 0.255 e. The summed E-state index contributed by atoms with van der Waals surface area (Å²) in [6.45, 7) is 2.98. The molecule has 2 saturated heterocycles. The number of nitrogens with zero attached hydrogens (tertiary/aromatic N) is 1. The number of hydrogen-bond acceptors (Lipinski definition) is 5. The third-order valence-electron chi connectivity index (χ3n) is 5.17. The predicted octanol–water partition coefficient (Wildman–Crippen LogP) is 3.03. The van der Waals surface area contributed by atoms with E-state index >= 15 is 0 Å². The second kappa shape index (κ2) is 9.23. The fraction of sp³-hybridized carbons (Fsp3) is 0.364. The Bertz CT molecular complexity index is 924. The summed E-state index contributed by atoms with van der Waals surface area (Å²) in [6, 6.07) is 11.3. The molecule has 2 aliphatic heterocycles. The van der Waals surface area contributed by atoms with Crippen LogP contribution in [0.5, 0.6) is 0 Å². The van der Waals surface area contributed by atoms with Crippen molar-refractivity contribution in [3.8, 4) is 0 Å². The molecule has 30 heavy (non-hydrogen) atoms. The number of rotatable bonds is 5. The lowest BCUT2D eigenvalue weighted by atomic mass is 10.1. The average Bonchev–Trinajstić information content (AvgIpc) is 3.30. The number of carbonyl (C=O) groups excluding carboxylic acids is 2. The Kier molecular flexibility index (Phi) is 6.25. The standard InChI is InChI=1S/C22H24FN3O4/c23-18-14-17(6-7-19(18)26-8-11-29-12-9-26)24-21(27)15-3-1-4-16(13-15)25-22(28)20-5-2-10-30-20/h1,3-4,6-7,13-14,20H,2,5,8-12H2,(H,24,27)(H,25,28). The van der Waals surface area contributed by atoms with Gasteiger partial charge in [0.25, 0.3) is 11.8 Å². The third-order valence-corrected chi connectivity index (χ3v) is 5.17. The van der Waals surface area contributed by atoms with E-state index in [0.717, 1.165) is 6.42 Å². The molecule has 0 saturated carbocycles. The molecule has 0 aliphatic carbocycles. The van der Waals surface area contributed by atoms with E-state index in [0.29, 0.717) is 62.0 Å². The summed E-state index contributed by atoms with van der Waals surface area (Å²) in [5.74, 6) is -1.00. The van der Waals surface area contributed by atoms with Crippen LogP contribution < -0.4 is 15.5 Å². The molecule has 1 atom stereocenters. The Morgan fingerprint density at radius 2 is 1.80 bits per heavy atom. The zero-order valence-electron chi connectivity index (χ0n) is 16.5. The van der Waals surface area contributed by atoms with Crippen molar-refractivity contribution in [2.24, 2.45) is 0 Å². The van der Waals surface area contributed by atoms with Gasteiger partial charge in [-0.3, -0.25) is 9.59 Å². The van der Waals surface area contributed by atoms with Crippen molar-refractivity contribution in [2.75, 3.05) is 48.4 Å². The molecule has 1 unspecified atom stereocenters. The SMILES string of the molecule is O=C(Nc1ccc(N2CCOCC2)c(F)c1)c1cccc(NC(=O)C2CCCO2)c1. The highest BCUT2D eigenvalue weighted by molar-refractivity contribution is 6.05. The fourth-order valence-corrected chi connectivity index (χ4v) is 3.59. The van der Waals surface area contributed by atoms with Gasteiger partial charge in [-0.2, -0.15) is 0 Å². The highest BCUT2D eigenvalue weighted by Crippen LogP contribution is 2.24. The molecular formula is C22H24FN3O4. The zero-order chi connectivity index (χ0) is 20.9. The number of benzene rings is 2. The lowest BCUT2D eigenvalue weighted by Gasteiger charge is -2.29. The lowest BCUT2D eigenvalue weighted by molar-refractivity contribution is -0.124. The van der Waals surface area contributed by atoms with Crippen LogP contribution in [0.3, 0.4) is 0 Å². The van der Waals surface area contributed by atoms with Crippen molar-refractivity contribution < 1.29 is 23.5 Å². The van der Waals surface area contributed by atoms with Gasteiger partial charge in [0.05, 0.1) is 18.9 Å². The number of hydrogen-bond donors (Lipinski definition) is 2. The summed E-state index contributed by atoms with van der Waals surface area (Å²) < 4.78 is 25.2. The van der Waals surface area contributed by atoms with Gasteiger partial charge in [-0.05, 0) is 49.2 Å². The average molecular weight is 413 g/mol. The maximum Gasteiger partial charge on any atom is 0.255 e. The molecule has 0 spiro atoms. The Morgan fingerprint density at radius 3 is 2.53 bits per heavy atom. The van der Waals surface area contributed by atoms with Gasteiger partial charge in [0.2, 0.25) is 0 Å². The van der Waals surface area contributed by atoms with Crippen molar-refractivity contribution in [2.45, 2.75) is 18.9 Å². The number of anilines is 3. The minimum Gasteiger partial charge on any atom is -0.378 e. The van der Waals surface area contributed by atoms with E-state index in [1.54, 1.807) is 36.4 Å². The summed E-state index contributed by atoms with van der Waals surface area (Å²) in [6.07, 6.45) is 1.11. The molecule has 2 N–H and O–H groups in total. The number of ether oxygens (including phenoxy) is 2. The number of morpholine rings is 1. The number of nitrogens with one attached hydrogen (secondary N) is 2. The van der Waals surface area contributed by atoms with Gasteiger partial charge in [-0.25, -0.2) is 4.39 Å². The van der Waals surface area contributed by atoms with E-state index in [1.807, 2.05) is 4.90 Å². The van der Waals surface area contributed by atoms with E-state index < -0.39 is 11.9 Å². The molecule has 2 aliphatic rings. The van der Waals surface area contributed by atoms with Crippen LogP contribution in [-0.2, 0) is 14.3 Å². The van der Waals surface area contributed by atoms with Crippen molar-refractivity contribution >= 4 is 28.9 Å². The zero-order valence-corrected chi connectivity index (χ0v) is 16.5. The quantitative estimate of drug-likeness (QED) is 0.788. The lowest BCUT2D eigenvalue weighted by Crippen LogP contribution is -2.36. The highest BCUT2D eigenvalue weighted by atomic mass is 19.1. The largest absolute Gasteiger partial charge is 0.378 e. The molecule has 158 valence electrons. The summed E-state index contributed by atoms with van der Waals surface area (Å²) >= 11 is 0. The second-order valence-corrected chi connectivity index (χ2v) is 7.29. The van der Waals surface area contributed by atoms with Crippen molar-refractivity contribution in [3.05, 3.63) is 53.8 Å². The van der Waals surface area contributed by atoms with Crippen molar-refractivity contribution in [3.63, 3.8) is 0 Å². The van der Waals surface area contributed by atoms with Crippen LogP contribution in [-0.4, -0.2) is 50.8 Å². The molecular weight excluding hydrogens is 389 g/mol.